The molecule has 0 aliphatic heterocycles. The summed E-state index contributed by atoms with van der Waals surface area (Å²) in [6.45, 7) is 31.6. The third-order valence-corrected chi connectivity index (χ3v) is 10.1. The zero-order valence-corrected chi connectivity index (χ0v) is 35.8. The van der Waals surface area contributed by atoms with E-state index in [1.807, 2.05) is 0 Å². The second kappa shape index (κ2) is 37.0. The number of benzene rings is 1. The van der Waals surface area contributed by atoms with Crippen LogP contribution in [0.1, 0.15) is 167 Å². The van der Waals surface area contributed by atoms with Crippen molar-refractivity contribution in [1.29, 1.82) is 0 Å². The van der Waals surface area contributed by atoms with Gasteiger partial charge in [-0.1, -0.05) is 167 Å². The summed E-state index contributed by atoms with van der Waals surface area (Å²) in [5.41, 5.74) is 2.86. The smallest absolute Gasteiger partial charge is 0.105 e. The molecule has 1 rings (SSSR count). The lowest BCUT2D eigenvalue weighted by Crippen LogP contribution is -2.48. The lowest BCUT2D eigenvalue weighted by Gasteiger charge is -2.38. The second-order valence-corrected chi connectivity index (χ2v) is 15.5. The van der Waals surface area contributed by atoms with Gasteiger partial charge in [0.05, 0.1) is 39.3 Å². The van der Waals surface area contributed by atoms with Gasteiger partial charge in [0.2, 0.25) is 0 Å². The first-order valence-electron chi connectivity index (χ1n) is 21.6. The van der Waals surface area contributed by atoms with Crippen molar-refractivity contribution in [1.82, 2.24) is 0 Å². The van der Waals surface area contributed by atoms with Gasteiger partial charge in [-0.2, -0.15) is 0 Å². The number of rotatable bonds is 34. The number of carboxylic acids is 2. The molecule has 0 amide bonds. The van der Waals surface area contributed by atoms with E-state index in [0.29, 0.717) is 0 Å². The van der Waals surface area contributed by atoms with E-state index < -0.39 is 11.9 Å². The Morgan fingerprint density at radius 2 is 0.667 bits per heavy atom. The van der Waals surface area contributed by atoms with Gasteiger partial charge in [-0.15, -0.1) is 0 Å². The summed E-state index contributed by atoms with van der Waals surface area (Å²) < 4.78 is 2.07. The number of aliphatic carboxylic acids is 2. The Kier molecular flexibility index (Phi) is 36.4. The third-order valence-electron chi connectivity index (χ3n) is 10.1. The Morgan fingerprint density at radius 1 is 0.463 bits per heavy atom. The number of quaternary nitrogens is 2. The van der Waals surface area contributed by atoms with E-state index in [0.717, 1.165) is 62.1 Å². The normalized spacial score (nSPS) is 11.0. The van der Waals surface area contributed by atoms with Crippen LogP contribution in [-0.2, 0) is 22.7 Å². The SMILES string of the molecule is C=CC[N+](CC=C)(CCCCCCCCCCCC)Cc1ccc(C[N+](CC=C)(CC=C)CCCCCCCCCCCC)cc1.CC(=O)[O-].CC(=O)[O-]. The molecule has 54 heavy (non-hydrogen) atoms. The zero-order valence-electron chi connectivity index (χ0n) is 35.8. The average Bonchev–Trinajstić information content (AvgIpc) is 3.11. The van der Waals surface area contributed by atoms with Gasteiger partial charge in [0, 0.05) is 23.1 Å². The van der Waals surface area contributed by atoms with Crippen LogP contribution in [0.3, 0.4) is 0 Å². The van der Waals surface area contributed by atoms with Crippen molar-refractivity contribution in [3.8, 4) is 0 Å². The summed E-state index contributed by atoms with van der Waals surface area (Å²) in [6, 6.07) is 9.57. The number of hydrogen-bond acceptors (Lipinski definition) is 4. The van der Waals surface area contributed by atoms with Crippen molar-refractivity contribution < 1.29 is 28.8 Å². The Bertz CT molecular complexity index is 968. The lowest BCUT2D eigenvalue weighted by molar-refractivity contribution is -0.930. The van der Waals surface area contributed by atoms with Crippen molar-refractivity contribution in [2.45, 2.75) is 169 Å². The predicted octanol–water partition coefficient (Wildman–Crippen LogP) is 10.4. The van der Waals surface area contributed by atoms with Gasteiger partial charge >= 0.3 is 0 Å². The molecule has 0 atom stereocenters. The molecule has 6 heteroatoms. The van der Waals surface area contributed by atoms with Crippen LogP contribution in [0, 0.1) is 0 Å². The molecule has 1 aromatic carbocycles. The Labute approximate surface area is 334 Å². The van der Waals surface area contributed by atoms with E-state index in [9.17, 15) is 0 Å². The Hall–Kier alpha value is -2.96. The molecule has 0 heterocycles. The van der Waals surface area contributed by atoms with Crippen molar-refractivity contribution in [2.75, 3.05) is 39.3 Å². The van der Waals surface area contributed by atoms with Gasteiger partial charge in [0.15, 0.2) is 0 Å². The molecular formula is C48H84N2O4. The summed E-state index contributed by atoms with van der Waals surface area (Å²) in [5.74, 6) is -2.17. The highest BCUT2D eigenvalue weighted by molar-refractivity contribution is 5.60. The van der Waals surface area contributed by atoms with Crippen LogP contribution in [0.5, 0.6) is 0 Å². The van der Waals surface area contributed by atoms with Crippen LogP contribution >= 0.6 is 0 Å². The monoisotopic (exact) mass is 753 g/mol. The maximum absolute atomic E-state index is 8.89. The third kappa shape index (κ3) is 32.5. The molecule has 0 saturated carbocycles. The number of hydrogen-bond donors (Lipinski definition) is 0. The quantitative estimate of drug-likeness (QED) is 0.0399. The van der Waals surface area contributed by atoms with Crippen molar-refractivity contribution in [2.24, 2.45) is 0 Å². The summed E-state index contributed by atoms with van der Waals surface area (Å²) in [5, 5.41) is 17.8. The predicted molar refractivity (Wildman–Crippen MR) is 229 cm³/mol. The molecule has 0 radical (unpaired) electrons. The van der Waals surface area contributed by atoms with Crippen LogP contribution in [0.15, 0.2) is 74.9 Å². The topological polar surface area (TPSA) is 80.3 Å². The van der Waals surface area contributed by atoms with E-state index in [-0.39, 0.29) is 0 Å². The maximum atomic E-state index is 8.89. The van der Waals surface area contributed by atoms with E-state index in [1.54, 1.807) is 0 Å². The highest BCUT2D eigenvalue weighted by Gasteiger charge is 2.27. The Balaban J connectivity index is 0. The fourth-order valence-electron chi connectivity index (χ4n) is 7.42. The van der Waals surface area contributed by atoms with Gasteiger partial charge in [-0.3, -0.25) is 0 Å². The van der Waals surface area contributed by atoms with Gasteiger partial charge in [-0.25, -0.2) is 0 Å². The summed E-state index contributed by atoms with van der Waals surface area (Å²) in [7, 11) is 0. The molecule has 0 N–H and O–H groups in total. The van der Waals surface area contributed by atoms with Crippen molar-refractivity contribution in [3.63, 3.8) is 0 Å². The average molecular weight is 753 g/mol. The highest BCUT2D eigenvalue weighted by Crippen LogP contribution is 2.22. The van der Waals surface area contributed by atoms with E-state index >= 15 is 0 Å². The fraction of sp³-hybridized carbons (Fsp3) is 0.667. The molecule has 0 aliphatic rings. The molecule has 310 valence electrons. The molecule has 0 aromatic heterocycles. The fourth-order valence-corrected chi connectivity index (χ4v) is 7.42. The minimum Gasteiger partial charge on any atom is -0.550 e. The summed E-state index contributed by atoms with van der Waals surface area (Å²) in [6.07, 6.45) is 36.1. The molecule has 6 nitrogen and oxygen atoms in total. The number of carbonyl (C=O) groups is 2. The largest absolute Gasteiger partial charge is 0.550 e. The number of unbranched alkanes of at least 4 members (excludes halogenated alkanes) is 18. The lowest BCUT2D eigenvalue weighted by atomic mass is 10.0. The van der Waals surface area contributed by atoms with Gasteiger partial charge < -0.3 is 28.8 Å². The molecule has 0 unspecified atom stereocenters. The van der Waals surface area contributed by atoms with Crippen LogP contribution in [-0.4, -0.2) is 60.2 Å². The maximum Gasteiger partial charge on any atom is 0.105 e. The highest BCUT2D eigenvalue weighted by atomic mass is 16.4. The molecular weight excluding hydrogens is 669 g/mol. The van der Waals surface area contributed by atoms with Crippen LogP contribution in [0.4, 0.5) is 0 Å². The minimum absolute atomic E-state index is 0.972. The van der Waals surface area contributed by atoms with Crippen LogP contribution in [0.25, 0.3) is 0 Å². The first-order chi connectivity index (χ1) is 26.0. The number of nitrogens with zero attached hydrogens (tertiary/aromatic N) is 2. The molecule has 0 aliphatic carbocycles. The first-order valence-corrected chi connectivity index (χ1v) is 21.6. The standard InChI is InChI=1S/C44H78N2.2C2H4O2/c1-7-13-15-17-19-21-23-25-27-29-39-45(35-9-3,36-10-4)41-43-31-33-44(34-32-43)42-46(37-11-5,38-12-6)40-30-28-26-24-22-20-18-16-14-8-2;2*1-2(3)4/h9-12,31-34H,3-8,13-30,35-42H2,1-2H3;2*1H3,(H,3,4)/q+2;;/p-2. The van der Waals surface area contributed by atoms with Crippen LogP contribution < -0.4 is 10.2 Å². The first kappa shape index (κ1) is 53.1. The van der Waals surface area contributed by atoms with Crippen molar-refractivity contribution in [3.05, 3.63) is 86.0 Å². The molecule has 1 aromatic rings. The van der Waals surface area contributed by atoms with E-state index in [4.69, 9.17) is 19.8 Å². The van der Waals surface area contributed by atoms with E-state index in [1.165, 1.54) is 153 Å². The molecule has 0 saturated heterocycles. The van der Waals surface area contributed by atoms with Crippen molar-refractivity contribution >= 4 is 11.9 Å². The second-order valence-electron chi connectivity index (χ2n) is 15.5. The Morgan fingerprint density at radius 3 is 0.870 bits per heavy atom. The van der Waals surface area contributed by atoms with Gasteiger partial charge in [0.1, 0.15) is 13.1 Å². The van der Waals surface area contributed by atoms with Gasteiger partial charge in [-0.05, 0) is 63.8 Å². The molecule has 0 fully saturated rings. The molecule has 0 spiro atoms. The zero-order chi connectivity index (χ0) is 40.8. The molecule has 0 bridgehead atoms. The summed E-state index contributed by atoms with van der Waals surface area (Å²) in [4.78, 5) is 17.8. The van der Waals surface area contributed by atoms with Gasteiger partial charge in [0.25, 0.3) is 0 Å². The number of carboxylic acid groups (broad SMARTS) is 2. The number of carbonyl (C=O) groups excluding carboxylic acids is 2. The summed E-state index contributed by atoms with van der Waals surface area (Å²) >= 11 is 0. The van der Waals surface area contributed by atoms with Crippen LogP contribution in [0.2, 0.25) is 0 Å². The van der Waals surface area contributed by atoms with E-state index in [2.05, 4.69) is 88.7 Å². The minimum atomic E-state index is -1.08.